The average Bonchev–Trinajstić information content (AvgIpc) is 2.63. The molecule has 0 atom stereocenters. The summed E-state index contributed by atoms with van der Waals surface area (Å²) in [6.07, 6.45) is 2.07. The first-order valence-corrected chi connectivity index (χ1v) is 7.96. The van der Waals surface area contributed by atoms with Gasteiger partial charge in [0.2, 0.25) is 0 Å². The number of nitrogens with zero attached hydrogens (tertiary/aromatic N) is 2. The summed E-state index contributed by atoms with van der Waals surface area (Å²) in [5.41, 5.74) is 2.01. The number of nitro benzene ring substituents is 1. The molecule has 1 amide bonds. The molecule has 0 aliphatic heterocycles. The number of carbonyl (C=O) groups is 1. The van der Waals surface area contributed by atoms with E-state index in [9.17, 15) is 14.9 Å². The van der Waals surface area contributed by atoms with Gasteiger partial charge in [0.05, 0.1) is 4.92 Å². The second-order valence-corrected chi connectivity index (χ2v) is 5.53. The van der Waals surface area contributed by atoms with Crippen LogP contribution in [-0.4, -0.2) is 17.4 Å². The van der Waals surface area contributed by atoms with Gasteiger partial charge in [0.1, 0.15) is 17.3 Å². The van der Waals surface area contributed by atoms with Crippen LogP contribution in [0.2, 0.25) is 0 Å². The SMILES string of the molecule is Cc1ccccc1CCN/C=C(/C#N)C(=O)Nc1ccccc1[N+](=O)[O-]. The van der Waals surface area contributed by atoms with E-state index in [2.05, 4.69) is 10.6 Å². The van der Waals surface area contributed by atoms with Gasteiger partial charge in [-0.25, -0.2) is 0 Å². The normalized spacial score (nSPS) is 10.7. The molecule has 132 valence electrons. The average molecular weight is 350 g/mol. The third-order valence-electron chi connectivity index (χ3n) is 3.76. The first-order chi connectivity index (χ1) is 12.5. The lowest BCUT2D eigenvalue weighted by Gasteiger charge is -2.07. The van der Waals surface area contributed by atoms with E-state index in [0.717, 1.165) is 6.42 Å². The van der Waals surface area contributed by atoms with Crippen LogP contribution in [0.15, 0.2) is 60.3 Å². The molecule has 0 aromatic heterocycles. The summed E-state index contributed by atoms with van der Waals surface area (Å²) in [6.45, 7) is 2.57. The molecule has 0 fully saturated rings. The van der Waals surface area contributed by atoms with E-state index in [-0.39, 0.29) is 16.9 Å². The van der Waals surface area contributed by atoms with Crippen molar-refractivity contribution >= 4 is 17.3 Å². The number of nitriles is 1. The third kappa shape index (κ3) is 4.92. The van der Waals surface area contributed by atoms with Gasteiger partial charge < -0.3 is 10.6 Å². The molecular formula is C19H18N4O3. The van der Waals surface area contributed by atoms with Crippen molar-refractivity contribution in [2.75, 3.05) is 11.9 Å². The molecule has 0 unspecified atom stereocenters. The molecule has 2 N–H and O–H groups in total. The molecule has 2 rings (SSSR count). The van der Waals surface area contributed by atoms with Gasteiger partial charge in [-0.1, -0.05) is 36.4 Å². The number of anilines is 1. The monoisotopic (exact) mass is 350 g/mol. The van der Waals surface area contributed by atoms with Crippen molar-refractivity contribution in [1.82, 2.24) is 5.32 Å². The summed E-state index contributed by atoms with van der Waals surface area (Å²) in [5, 5.41) is 25.5. The van der Waals surface area contributed by atoms with Crippen molar-refractivity contribution in [1.29, 1.82) is 5.26 Å². The minimum atomic E-state index is -0.704. The molecule has 0 spiro atoms. The first kappa shape index (κ1) is 18.7. The smallest absolute Gasteiger partial charge is 0.292 e. The van der Waals surface area contributed by atoms with Crippen molar-refractivity contribution in [3.05, 3.63) is 81.5 Å². The second kappa shape index (κ2) is 8.99. The minimum Gasteiger partial charge on any atom is -0.389 e. The number of hydrogen-bond donors (Lipinski definition) is 2. The van der Waals surface area contributed by atoms with Crippen molar-refractivity contribution in [3.8, 4) is 6.07 Å². The Kier molecular flexibility index (Phi) is 6.46. The van der Waals surface area contributed by atoms with E-state index in [0.29, 0.717) is 6.54 Å². The highest BCUT2D eigenvalue weighted by Gasteiger charge is 2.17. The highest BCUT2D eigenvalue weighted by Crippen LogP contribution is 2.23. The zero-order valence-corrected chi connectivity index (χ0v) is 14.2. The maximum Gasteiger partial charge on any atom is 0.292 e. The van der Waals surface area contributed by atoms with Crippen LogP contribution in [0.1, 0.15) is 11.1 Å². The molecule has 0 saturated carbocycles. The third-order valence-corrected chi connectivity index (χ3v) is 3.76. The van der Waals surface area contributed by atoms with Crippen molar-refractivity contribution < 1.29 is 9.72 Å². The molecule has 26 heavy (non-hydrogen) atoms. The van der Waals surface area contributed by atoms with Gasteiger partial charge in [-0.15, -0.1) is 0 Å². The second-order valence-electron chi connectivity index (χ2n) is 5.53. The lowest BCUT2D eigenvalue weighted by Crippen LogP contribution is -2.18. The van der Waals surface area contributed by atoms with Gasteiger partial charge in [0.15, 0.2) is 0 Å². The van der Waals surface area contributed by atoms with E-state index >= 15 is 0 Å². The number of hydrogen-bond acceptors (Lipinski definition) is 5. The maximum absolute atomic E-state index is 12.2. The van der Waals surface area contributed by atoms with Gasteiger partial charge in [-0.3, -0.25) is 14.9 Å². The van der Waals surface area contributed by atoms with Crippen LogP contribution in [0.4, 0.5) is 11.4 Å². The van der Waals surface area contributed by atoms with Crippen LogP contribution in [0.3, 0.4) is 0 Å². The van der Waals surface area contributed by atoms with E-state index < -0.39 is 10.8 Å². The highest BCUT2D eigenvalue weighted by molar-refractivity contribution is 6.07. The Morgan fingerprint density at radius 2 is 1.92 bits per heavy atom. The Morgan fingerprint density at radius 3 is 2.62 bits per heavy atom. The molecule has 0 radical (unpaired) electrons. The topological polar surface area (TPSA) is 108 Å². The standard InChI is InChI=1S/C19H18N4O3/c1-14-6-2-3-7-15(14)10-11-21-13-16(12-20)19(24)22-17-8-4-5-9-18(17)23(25)26/h2-9,13,21H,10-11H2,1H3,(H,22,24)/b16-13-. The van der Waals surface area contributed by atoms with Crippen LogP contribution in [0, 0.1) is 28.4 Å². The van der Waals surface area contributed by atoms with Crippen LogP contribution in [-0.2, 0) is 11.2 Å². The molecule has 2 aromatic carbocycles. The van der Waals surface area contributed by atoms with Crippen LogP contribution >= 0.6 is 0 Å². The van der Waals surface area contributed by atoms with Crippen molar-refractivity contribution in [3.63, 3.8) is 0 Å². The molecule has 0 bridgehead atoms. The van der Waals surface area contributed by atoms with E-state index in [4.69, 9.17) is 5.26 Å². The number of amides is 1. The molecule has 2 aromatic rings. The Labute approximate surface area is 151 Å². The highest BCUT2D eigenvalue weighted by atomic mass is 16.6. The quantitative estimate of drug-likeness (QED) is 0.262. The van der Waals surface area contributed by atoms with Gasteiger partial charge >= 0.3 is 0 Å². The molecule has 7 heteroatoms. The number of benzene rings is 2. The van der Waals surface area contributed by atoms with E-state index in [1.807, 2.05) is 31.2 Å². The molecule has 0 aliphatic rings. The fourth-order valence-electron chi connectivity index (χ4n) is 2.35. The summed E-state index contributed by atoms with van der Waals surface area (Å²) >= 11 is 0. The predicted molar refractivity (Wildman–Crippen MR) is 98.3 cm³/mol. The number of nitrogens with one attached hydrogen (secondary N) is 2. The number of para-hydroxylation sites is 2. The Hall–Kier alpha value is -3.66. The van der Waals surface area contributed by atoms with Crippen LogP contribution in [0.5, 0.6) is 0 Å². The largest absolute Gasteiger partial charge is 0.389 e. The Balaban J connectivity index is 1.98. The number of aryl methyl sites for hydroxylation is 1. The maximum atomic E-state index is 12.2. The van der Waals surface area contributed by atoms with Gasteiger partial charge in [-0.05, 0) is 30.5 Å². The Morgan fingerprint density at radius 1 is 1.23 bits per heavy atom. The van der Waals surface area contributed by atoms with Gasteiger partial charge in [0, 0.05) is 18.8 Å². The zero-order chi connectivity index (χ0) is 18.9. The number of carbonyl (C=O) groups excluding carboxylic acids is 1. The van der Waals surface area contributed by atoms with Crippen LogP contribution in [0.25, 0.3) is 0 Å². The molecule has 0 saturated heterocycles. The fraction of sp³-hybridized carbons (Fsp3) is 0.158. The molecular weight excluding hydrogens is 332 g/mol. The summed E-state index contributed by atoms with van der Waals surface area (Å²) < 4.78 is 0. The Bertz CT molecular complexity index is 884. The fourth-order valence-corrected chi connectivity index (χ4v) is 2.35. The lowest BCUT2D eigenvalue weighted by atomic mass is 10.1. The molecule has 7 nitrogen and oxygen atoms in total. The van der Waals surface area contributed by atoms with E-state index in [1.165, 1.54) is 35.5 Å². The van der Waals surface area contributed by atoms with Crippen molar-refractivity contribution in [2.45, 2.75) is 13.3 Å². The summed E-state index contributed by atoms with van der Waals surface area (Å²) in [7, 11) is 0. The van der Waals surface area contributed by atoms with Crippen LogP contribution < -0.4 is 10.6 Å². The van der Waals surface area contributed by atoms with Crippen molar-refractivity contribution in [2.24, 2.45) is 0 Å². The molecule has 0 aliphatic carbocycles. The van der Waals surface area contributed by atoms with E-state index in [1.54, 1.807) is 12.1 Å². The number of nitro groups is 1. The van der Waals surface area contributed by atoms with Gasteiger partial charge in [-0.2, -0.15) is 5.26 Å². The van der Waals surface area contributed by atoms with Gasteiger partial charge in [0.25, 0.3) is 11.6 Å². The lowest BCUT2D eigenvalue weighted by molar-refractivity contribution is -0.383. The zero-order valence-electron chi connectivity index (χ0n) is 14.2. The first-order valence-electron chi connectivity index (χ1n) is 7.96. The molecule has 0 heterocycles. The summed E-state index contributed by atoms with van der Waals surface area (Å²) in [5.74, 6) is -0.704. The predicted octanol–water partition coefficient (Wildman–Crippen LogP) is 3.08. The summed E-state index contributed by atoms with van der Waals surface area (Å²) in [4.78, 5) is 22.6. The number of rotatable bonds is 7. The summed E-state index contributed by atoms with van der Waals surface area (Å²) in [6, 6.07) is 15.5. The minimum absolute atomic E-state index is 0.0450.